The lowest BCUT2D eigenvalue weighted by atomic mass is 10.1. The van der Waals surface area contributed by atoms with Crippen molar-refractivity contribution in [1.29, 1.82) is 0 Å². The van der Waals surface area contributed by atoms with E-state index in [-0.39, 0.29) is 5.91 Å². The van der Waals surface area contributed by atoms with Crippen LogP contribution in [0.5, 0.6) is 11.5 Å². The van der Waals surface area contributed by atoms with Gasteiger partial charge in [-0.1, -0.05) is 19.8 Å². The fourth-order valence-corrected chi connectivity index (χ4v) is 2.36. The number of nitrogens with one attached hydrogen (secondary N) is 1. The third-order valence-electron chi connectivity index (χ3n) is 3.10. The molecule has 1 aliphatic heterocycles. The fraction of sp³-hybridized carbons (Fsp3) is 0.500. The van der Waals surface area contributed by atoms with Crippen molar-refractivity contribution in [2.45, 2.75) is 32.2 Å². The number of unbranched alkanes of at least 4 members (excludes halogenated alkanes) is 1. The molecule has 0 spiro atoms. The number of carbonyl (C=O) groups excluding carboxylic acids is 1. The molecule has 0 bridgehead atoms. The predicted octanol–water partition coefficient (Wildman–Crippen LogP) is 2.68. The van der Waals surface area contributed by atoms with E-state index in [1.54, 1.807) is 12.1 Å². The average molecular weight is 343 g/mol. The second kappa shape index (κ2) is 6.95. The Morgan fingerprint density at radius 2 is 2.05 bits per heavy atom. The number of rotatable bonds is 5. The lowest BCUT2D eigenvalue weighted by Crippen LogP contribution is -2.35. The minimum Gasteiger partial charge on any atom is -0.486 e. The Morgan fingerprint density at radius 1 is 1.40 bits per heavy atom. The molecule has 1 amide bonds. The van der Waals surface area contributed by atoms with E-state index < -0.39 is 6.04 Å². The highest BCUT2D eigenvalue weighted by Gasteiger charge is 2.18. The molecular formula is C14H19BrN2O3. The van der Waals surface area contributed by atoms with E-state index in [0.717, 1.165) is 17.3 Å². The van der Waals surface area contributed by atoms with Crippen molar-refractivity contribution in [1.82, 2.24) is 0 Å². The Morgan fingerprint density at radius 3 is 2.70 bits per heavy atom. The van der Waals surface area contributed by atoms with E-state index in [1.807, 2.05) is 0 Å². The van der Waals surface area contributed by atoms with Crippen molar-refractivity contribution >= 4 is 27.5 Å². The van der Waals surface area contributed by atoms with Crippen LogP contribution in [-0.2, 0) is 4.79 Å². The molecule has 1 heterocycles. The molecule has 20 heavy (non-hydrogen) atoms. The molecule has 0 fully saturated rings. The van der Waals surface area contributed by atoms with Crippen LogP contribution in [0.25, 0.3) is 0 Å². The first kappa shape index (κ1) is 15.1. The summed E-state index contributed by atoms with van der Waals surface area (Å²) in [6.07, 6.45) is 2.65. The highest BCUT2D eigenvalue weighted by Crippen LogP contribution is 2.38. The highest BCUT2D eigenvalue weighted by molar-refractivity contribution is 9.10. The van der Waals surface area contributed by atoms with Crippen molar-refractivity contribution in [3.8, 4) is 11.5 Å². The van der Waals surface area contributed by atoms with Crippen LogP contribution in [0.15, 0.2) is 16.6 Å². The zero-order valence-corrected chi connectivity index (χ0v) is 13.0. The summed E-state index contributed by atoms with van der Waals surface area (Å²) in [4.78, 5) is 12.0. The zero-order valence-electron chi connectivity index (χ0n) is 11.4. The van der Waals surface area contributed by atoms with Gasteiger partial charge in [0.05, 0.1) is 11.7 Å². The minimum atomic E-state index is -0.491. The Balaban J connectivity index is 2.07. The molecule has 3 N–H and O–H groups in total. The molecule has 110 valence electrons. The van der Waals surface area contributed by atoms with Gasteiger partial charge < -0.3 is 20.5 Å². The van der Waals surface area contributed by atoms with E-state index in [1.165, 1.54) is 0 Å². The van der Waals surface area contributed by atoms with E-state index in [4.69, 9.17) is 15.2 Å². The maximum absolute atomic E-state index is 12.0. The van der Waals surface area contributed by atoms with Crippen LogP contribution in [0.1, 0.15) is 26.2 Å². The number of benzene rings is 1. The largest absolute Gasteiger partial charge is 0.486 e. The summed E-state index contributed by atoms with van der Waals surface area (Å²) in [6.45, 7) is 3.12. The Labute approximate surface area is 126 Å². The van der Waals surface area contributed by atoms with Gasteiger partial charge in [0.1, 0.15) is 13.2 Å². The lowest BCUT2D eigenvalue weighted by molar-refractivity contribution is -0.117. The van der Waals surface area contributed by atoms with Gasteiger partial charge in [-0.3, -0.25) is 4.79 Å². The zero-order chi connectivity index (χ0) is 14.5. The molecule has 5 nitrogen and oxygen atoms in total. The van der Waals surface area contributed by atoms with Crippen LogP contribution >= 0.6 is 15.9 Å². The van der Waals surface area contributed by atoms with Crippen molar-refractivity contribution in [2.24, 2.45) is 5.73 Å². The Kier molecular flexibility index (Phi) is 5.25. The molecule has 1 atom stereocenters. The van der Waals surface area contributed by atoms with Crippen LogP contribution < -0.4 is 20.5 Å². The molecule has 0 radical (unpaired) electrons. The van der Waals surface area contributed by atoms with Gasteiger partial charge in [-0.2, -0.15) is 0 Å². The number of halogens is 1. The van der Waals surface area contributed by atoms with Crippen molar-refractivity contribution < 1.29 is 14.3 Å². The molecule has 1 aliphatic rings. The average Bonchev–Trinajstić information content (AvgIpc) is 2.45. The van der Waals surface area contributed by atoms with Crippen LogP contribution in [-0.4, -0.2) is 25.2 Å². The third kappa shape index (κ3) is 3.64. The van der Waals surface area contributed by atoms with E-state index in [0.29, 0.717) is 36.8 Å². The summed E-state index contributed by atoms with van der Waals surface area (Å²) in [5.74, 6) is 1.13. The van der Waals surface area contributed by atoms with Crippen molar-refractivity contribution in [3.05, 3.63) is 16.6 Å². The van der Waals surface area contributed by atoms with Gasteiger partial charge in [0.15, 0.2) is 11.5 Å². The molecule has 0 aliphatic carbocycles. The summed E-state index contributed by atoms with van der Waals surface area (Å²) < 4.78 is 11.7. The predicted molar refractivity (Wildman–Crippen MR) is 81.3 cm³/mol. The molecule has 1 aromatic rings. The standard InChI is InChI=1S/C14H19BrN2O3/c1-2-3-4-10(16)14(18)17-11-8-13-12(7-9(11)15)19-5-6-20-13/h7-8,10H,2-6,16H2,1H3,(H,17,18)/t10-/m0/s1. The number of fused-ring (bicyclic) bond motifs is 1. The van der Waals surface area contributed by atoms with Crippen LogP contribution in [0, 0.1) is 0 Å². The van der Waals surface area contributed by atoms with Gasteiger partial charge in [-0.25, -0.2) is 0 Å². The van der Waals surface area contributed by atoms with Gasteiger partial charge in [0.2, 0.25) is 5.91 Å². The number of amides is 1. The van der Waals surface area contributed by atoms with Crippen LogP contribution in [0.2, 0.25) is 0 Å². The first-order valence-corrected chi connectivity index (χ1v) is 7.56. The quantitative estimate of drug-likeness (QED) is 0.862. The van der Waals surface area contributed by atoms with E-state index in [9.17, 15) is 4.79 Å². The number of anilines is 1. The number of hydrogen-bond acceptors (Lipinski definition) is 4. The third-order valence-corrected chi connectivity index (χ3v) is 3.75. The number of hydrogen-bond donors (Lipinski definition) is 2. The molecule has 0 saturated heterocycles. The normalized spacial score (nSPS) is 14.8. The number of carbonyl (C=O) groups is 1. The summed E-state index contributed by atoms with van der Waals surface area (Å²) in [7, 11) is 0. The fourth-order valence-electron chi connectivity index (χ4n) is 1.94. The summed E-state index contributed by atoms with van der Waals surface area (Å²) in [5, 5.41) is 2.82. The summed E-state index contributed by atoms with van der Waals surface area (Å²) in [6, 6.07) is 3.06. The lowest BCUT2D eigenvalue weighted by Gasteiger charge is -2.20. The maximum atomic E-state index is 12.0. The molecule has 1 aromatic carbocycles. The Hall–Kier alpha value is -1.27. The van der Waals surface area contributed by atoms with Crippen LogP contribution in [0.3, 0.4) is 0 Å². The molecular weight excluding hydrogens is 324 g/mol. The highest BCUT2D eigenvalue weighted by atomic mass is 79.9. The summed E-state index contributed by atoms with van der Waals surface area (Å²) >= 11 is 3.41. The number of ether oxygens (including phenoxy) is 2. The maximum Gasteiger partial charge on any atom is 0.241 e. The molecule has 0 unspecified atom stereocenters. The van der Waals surface area contributed by atoms with E-state index >= 15 is 0 Å². The second-order valence-corrected chi connectivity index (χ2v) is 5.57. The van der Waals surface area contributed by atoms with Gasteiger partial charge in [-0.05, 0) is 22.4 Å². The topological polar surface area (TPSA) is 73.6 Å². The molecule has 0 saturated carbocycles. The smallest absolute Gasteiger partial charge is 0.241 e. The number of nitrogens with two attached hydrogens (primary N) is 1. The van der Waals surface area contributed by atoms with Crippen molar-refractivity contribution in [2.75, 3.05) is 18.5 Å². The second-order valence-electron chi connectivity index (χ2n) is 4.71. The molecule has 0 aromatic heterocycles. The van der Waals surface area contributed by atoms with Gasteiger partial charge in [0, 0.05) is 16.6 Å². The molecule has 2 rings (SSSR count). The first-order chi connectivity index (χ1) is 9.61. The molecule has 6 heteroatoms. The van der Waals surface area contributed by atoms with Crippen LogP contribution in [0.4, 0.5) is 5.69 Å². The van der Waals surface area contributed by atoms with Gasteiger partial charge in [-0.15, -0.1) is 0 Å². The minimum absolute atomic E-state index is 0.184. The first-order valence-electron chi connectivity index (χ1n) is 6.77. The van der Waals surface area contributed by atoms with Gasteiger partial charge >= 0.3 is 0 Å². The Bertz CT molecular complexity index is 494. The van der Waals surface area contributed by atoms with Gasteiger partial charge in [0.25, 0.3) is 0 Å². The van der Waals surface area contributed by atoms with Crippen molar-refractivity contribution in [3.63, 3.8) is 0 Å². The monoisotopic (exact) mass is 342 g/mol. The van der Waals surface area contributed by atoms with E-state index in [2.05, 4.69) is 28.2 Å². The summed E-state index contributed by atoms with van der Waals surface area (Å²) in [5.41, 5.74) is 6.50. The SMILES string of the molecule is CCCC[C@H](N)C(=O)Nc1cc2c(cc1Br)OCCO2.